The molecule has 1 aliphatic rings. The molecule has 0 saturated carbocycles. The Morgan fingerprint density at radius 3 is 2.71 bits per heavy atom. The number of hydrogen-bond donors (Lipinski definition) is 1. The summed E-state index contributed by atoms with van der Waals surface area (Å²) in [5.41, 5.74) is 6.14. The molecule has 0 aliphatic heterocycles. The highest BCUT2D eigenvalue weighted by molar-refractivity contribution is 7.17. The molecule has 2 heterocycles. The molecule has 31 heavy (non-hydrogen) atoms. The molecular weight excluding hydrogens is 400 g/mol. The van der Waals surface area contributed by atoms with Gasteiger partial charge in [0, 0.05) is 17.4 Å². The minimum Gasteiger partial charge on any atom is -0.310 e. The van der Waals surface area contributed by atoms with Gasteiger partial charge in [-0.3, -0.25) is 4.79 Å². The fourth-order valence-corrected chi connectivity index (χ4v) is 5.78. The number of aromatic nitrogens is 2. The van der Waals surface area contributed by atoms with Gasteiger partial charge in [-0.25, -0.2) is 4.98 Å². The van der Waals surface area contributed by atoms with Crippen LogP contribution in [0.15, 0.2) is 70.8 Å². The molecule has 1 N–H and O–H groups in total. The zero-order valence-corrected chi connectivity index (χ0v) is 18.0. The van der Waals surface area contributed by atoms with Crippen LogP contribution < -0.4 is 5.56 Å². The molecule has 0 spiro atoms. The second kappa shape index (κ2) is 7.47. The number of fused-ring (bicyclic) bond motifs is 3. The van der Waals surface area contributed by atoms with Crippen molar-refractivity contribution in [3.05, 3.63) is 98.9 Å². The zero-order valence-electron chi connectivity index (χ0n) is 17.2. The molecule has 0 fully saturated rings. The van der Waals surface area contributed by atoms with E-state index in [2.05, 4.69) is 65.0 Å². The third kappa shape index (κ3) is 3.28. The number of rotatable bonds is 3. The lowest BCUT2D eigenvalue weighted by molar-refractivity contribution is 0.686. The predicted molar refractivity (Wildman–Crippen MR) is 129 cm³/mol. The number of aromatic amines is 1. The summed E-state index contributed by atoms with van der Waals surface area (Å²) in [7, 11) is 0. The first-order chi connectivity index (χ1) is 15.3. The van der Waals surface area contributed by atoms with Gasteiger partial charge in [-0.2, -0.15) is 0 Å². The molecule has 0 bridgehead atoms. The fourth-order valence-electron chi connectivity index (χ4n) is 4.82. The van der Waals surface area contributed by atoms with Crippen molar-refractivity contribution in [3.63, 3.8) is 0 Å². The van der Waals surface area contributed by atoms with Crippen molar-refractivity contribution < 1.29 is 0 Å². The van der Waals surface area contributed by atoms with Crippen LogP contribution in [0.5, 0.6) is 0 Å². The van der Waals surface area contributed by atoms with E-state index in [9.17, 15) is 4.79 Å². The summed E-state index contributed by atoms with van der Waals surface area (Å²) in [6.07, 6.45) is 5.44. The normalized spacial score (nSPS) is 13.5. The van der Waals surface area contributed by atoms with E-state index >= 15 is 0 Å². The standard InChI is InChI=1S/C27H22N2OS/c30-26-25-23(21-13-12-17-6-1-2-8-19(17)14-21)16-31-27(25)29-24(28-26)15-20-10-5-9-18-7-3-4-11-22(18)20/h3-5,7,9-14,16H,1-2,6,8,15H2,(H,28,29,30). The predicted octanol–water partition coefficient (Wildman–Crippen LogP) is 6.27. The van der Waals surface area contributed by atoms with Crippen molar-refractivity contribution in [1.29, 1.82) is 0 Å². The summed E-state index contributed by atoms with van der Waals surface area (Å²) in [6, 6.07) is 21.3. The van der Waals surface area contributed by atoms with Crippen LogP contribution in [0.25, 0.3) is 32.1 Å². The molecule has 1 aliphatic carbocycles. The van der Waals surface area contributed by atoms with Crippen molar-refractivity contribution in [1.82, 2.24) is 9.97 Å². The Kier molecular flexibility index (Phi) is 4.46. The number of hydrogen-bond acceptors (Lipinski definition) is 3. The summed E-state index contributed by atoms with van der Waals surface area (Å²) in [6.45, 7) is 0. The first kappa shape index (κ1) is 18.5. The van der Waals surface area contributed by atoms with Gasteiger partial charge < -0.3 is 4.98 Å². The lowest BCUT2D eigenvalue weighted by Gasteiger charge is -2.16. The van der Waals surface area contributed by atoms with Crippen molar-refractivity contribution in [2.75, 3.05) is 0 Å². The number of nitrogens with zero attached hydrogens (tertiary/aromatic N) is 1. The quantitative estimate of drug-likeness (QED) is 0.372. The second-order valence-electron chi connectivity index (χ2n) is 8.35. The van der Waals surface area contributed by atoms with Crippen molar-refractivity contribution in [2.24, 2.45) is 0 Å². The molecule has 2 aromatic heterocycles. The van der Waals surface area contributed by atoms with Gasteiger partial charge in [0.1, 0.15) is 10.7 Å². The van der Waals surface area contributed by atoms with Gasteiger partial charge in [0.15, 0.2) is 0 Å². The molecule has 3 aromatic carbocycles. The minimum absolute atomic E-state index is 0.0470. The number of thiophene rings is 1. The van der Waals surface area contributed by atoms with Crippen LogP contribution in [0.4, 0.5) is 0 Å². The van der Waals surface area contributed by atoms with Gasteiger partial charge in [0.25, 0.3) is 5.56 Å². The van der Waals surface area contributed by atoms with E-state index in [4.69, 9.17) is 4.98 Å². The maximum Gasteiger partial charge on any atom is 0.260 e. The monoisotopic (exact) mass is 422 g/mol. The summed E-state index contributed by atoms with van der Waals surface area (Å²) in [5, 5.41) is 5.20. The van der Waals surface area contributed by atoms with Crippen LogP contribution >= 0.6 is 11.3 Å². The van der Waals surface area contributed by atoms with E-state index in [0.29, 0.717) is 17.6 Å². The molecule has 6 rings (SSSR count). The van der Waals surface area contributed by atoms with E-state index in [1.165, 1.54) is 46.7 Å². The van der Waals surface area contributed by atoms with E-state index in [0.717, 1.165) is 22.4 Å². The Morgan fingerprint density at radius 2 is 1.77 bits per heavy atom. The van der Waals surface area contributed by atoms with Gasteiger partial charge in [-0.15, -0.1) is 11.3 Å². The number of nitrogens with one attached hydrogen (secondary N) is 1. The van der Waals surface area contributed by atoms with Gasteiger partial charge >= 0.3 is 0 Å². The van der Waals surface area contributed by atoms with Crippen LogP contribution in [-0.2, 0) is 19.3 Å². The highest BCUT2D eigenvalue weighted by atomic mass is 32.1. The van der Waals surface area contributed by atoms with Gasteiger partial charge in [-0.05, 0) is 58.7 Å². The first-order valence-electron chi connectivity index (χ1n) is 10.9. The summed E-state index contributed by atoms with van der Waals surface area (Å²) in [4.78, 5) is 21.8. The van der Waals surface area contributed by atoms with Crippen molar-refractivity contribution in [3.8, 4) is 11.1 Å². The van der Waals surface area contributed by atoms with Crippen molar-refractivity contribution >= 4 is 32.3 Å². The molecule has 3 nitrogen and oxygen atoms in total. The lowest BCUT2D eigenvalue weighted by atomic mass is 9.89. The summed E-state index contributed by atoms with van der Waals surface area (Å²) >= 11 is 1.56. The van der Waals surface area contributed by atoms with Crippen LogP contribution in [0, 0.1) is 0 Å². The molecule has 0 radical (unpaired) electrons. The van der Waals surface area contributed by atoms with E-state index < -0.39 is 0 Å². The highest BCUT2D eigenvalue weighted by Crippen LogP contribution is 2.33. The maximum absolute atomic E-state index is 13.1. The van der Waals surface area contributed by atoms with E-state index in [1.54, 1.807) is 11.3 Å². The zero-order chi connectivity index (χ0) is 20.8. The van der Waals surface area contributed by atoms with Crippen molar-refractivity contribution in [2.45, 2.75) is 32.1 Å². The first-order valence-corrected chi connectivity index (χ1v) is 11.7. The Morgan fingerprint density at radius 1 is 0.935 bits per heavy atom. The number of aryl methyl sites for hydroxylation is 2. The number of H-pyrrole nitrogens is 1. The average Bonchev–Trinajstić information content (AvgIpc) is 3.24. The number of benzene rings is 3. The maximum atomic E-state index is 13.1. The van der Waals surface area contributed by atoms with Gasteiger partial charge in [0.05, 0.1) is 5.39 Å². The molecule has 0 saturated heterocycles. The Bertz CT molecular complexity index is 1490. The minimum atomic E-state index is -0.0470. The lowest BCUT2D eigenvalue weighted by Crippen LogP contribution is -2.12. The molecular formula is C27H22N2OS. The largest absolute Gasteiger partial charge is 0.310 e. The van der Waals surface area contributed by atoms with E-state index in [1.807, 2.05) is 6.07 Å². The Labute approximate surface area is 184 Å². The van der Waals surface area contributed by atoms with Crippen LogP contribution in [0.3, 0.4) is 0 Å². The second-order valence-corrected chi connectivity index (χ2v) is 9.21. The summed E-state index contributed by atoms with van der Waals surface area (Å²) < 4.78 is 0. The fraction of sp³-hybridized carbons (Fsp3) is 0.185. The molecule has 5 aromatic rings. The van der Waals surface area contributed by atoms with Gasteiger partial charge in [-0.1, -0.05) is 60.7 Å². The third-order valence-electron chi connectivity index (χ3n) is 6.39. The molecule has 152 valence electrons. The van der Waals surface area contributed by atoms with Gasteiger partial charge in [0.2, 0.25) is 0 Å². The Balaban J connectivity index is 1.41. The summed E-state index contributed by atoms with van der Waals surface area (Å²) in [5.74, 6) is 0.715. The smallest absolute Gasteiger partial charge is 0.260 e. The SMILES string of the molecule is O=c1[nH]c(Cc2cccc3ccccc23)nc2scc(-c3ccc4c(c3)CCCC4)c12. The molecule has 0 atom stereocenters. The molecule has 0 unspecified atom stereocenters. The third-order valence-corrected chi connectivity index (χ3v) is 7.26. The Hall–Kier alpha value is -3.24. The van der Waals surface area contributed by atoms with E-state index in [-0.39, 0.29) is 5.56 Å². The highest BCUT2D eigenvalue weighted by Gasteiger charge is 2.16. The average molecular weight is 423 g/mol. The molecule has 0 amide bonds. The van der Waals surface area contributed by atoms with Crippen LogP contribution in [-0.4, -0.2) is 9.97 Å². The van der Waals surface area contributed by atoms with Crippen LogP contribution in [0.2, 0.25) is 0 Å². The van der Waals surface area contributed by atoms with Crippen LogP contribution in [0.1, 0.15) is 35.4 Å². The topological polar surface area (TPSA) is 45.8 Å². The molecule has 4 heteroatoms.